The van der Waals surface area contributed by atoms with Crippen LogP contribution in [0.3, 0.4) is 0 Å². The van der Waals surface area contributed by atoms with E-state index in [2.05, 4.69) is 40.0 Å². The maximum atomic E-state index is 11.9. The SMILES string of the molecule is C=CCNC(=O)CSc1nnc(N2CCOCC2)n1-c1ccccc1C. The van der Waals surface area contributed by atoms with Gasteiger partial charge in [0.05, 0.1) is 24.7 Å². The van der Waals surface area contributed by atoms with Gasteiger partial charge in [-0.1, -0.05) is 36.0 Å². The molecule has 1 aliphatic heterocycles. The molecule has 2 heterocycles. The van der Waals surface area contributed by atoms with Crippen LogP contribution in [0.4, 0.5) is 5.95 Å². The van der Waals surface area contributed by atoms with Crippen LogP contribution < -0.4 is 10.2 Å². The summed E-state index contributed by atoms with van der Waals surface area (Å²) in [5, 5.41) is 12.3. The monoisotopic (exact) mass is 373 g/mol. The number of anilines is 1. The number of nitrogens with zero attached hydrogens (tertiary/aromatic N) is 4. The van der Waals surface area contributed by atoms with Crippen molar-refractivity contribution in [3.63, 3.8) is 0 Å². The van der Waals surface area contributed by atoms with E-state index in [4.69, 9.17) is 4.74 Å². The first-order chi connectivity index (χ1) is 12.7. The molecule has 0 aliphatic carbocycles. The van der Waals surface area contributed by atoms with Gasteiger partial charge in [0.15, 0.2) is 5.16 Å². The van der Waals surface area contributed by atoms with Crippen molar-refractivity contribution in [1.29, 1.82) is 0 Å². The van der Waals surface area contributed by atoms with Crippen molar-refractivity contribution in [2.24, 2.45) is 0 Å². The van der Waals surface area contributed by atoms with Gasteiger partial charge < -0.3 is 15.0 Å². The average molecular weight is 373 g/mol. The molecule has 1 N–H and O–H groups in total. The Morgan fingerprint density at radius 3 is 2.85 bits per heavy atom. The molecule has 0 bridgehead atoms. The highest BCUT2D eigenvalue weighted by atomic mass is 32.2. The number of benzene rings is 1. The van der Waals surface area contributed by atoms with E-state index < -0.39 is 0 Å². The Labute approximate surface area is 157 Å². The summed E-state index contributed by atoms with van der Waals surface area (Å²) in [5.41, 5.74) is 2.15. The minimum Gasteiger partial charge on any atom is -0.378 e. The lowest BCUT2D eigenvalue weighted by Gasteiger charge is -2.28. The number of rotatable bonds is 7. The first-order valence-corrected chi connectivity index (χ1v) is 9.53. The third kappa shape index (κ3) is 4.25. The van der Waals surface area contributed by atoms with Crippen LogP contribution in [0, 0.1) is 6.92 Å². The van der Waals surface area contributed by atoms with Gasteiger partial charge in [-0.25, -0.2) is 0 Å². The number of carbonyl (C=O) groups is 1. The number of amides is 1. The number of ether oxygens (including phenoxy) is 1. The molecule has 0 spiro atoms. The smallest absolute Gasteiger partial charge is 0.232 e. The maximum Gasteiger partial charge on any atom is 0.232 e. The first kappa shape index (κ1) is 18.5. The lowest BCUT2D eigenvalue weighted by atomic mass is 10.2. The lowest BCUT2D eigenvalue weighted by molar-refractivity contribution is -0.118. The molecule has 138 valence electrons. The number of hydrogen-bond acceptors (Lipinski definition) is 6. The number of thioether (sulfide) groups is 1. The number of carbonyl (C=O) groups excluding carboxylic acids is 1. The summed E-state index contributed by atoms with van der Waals surface area (Å²) in [4.78, 5) is 14.1. The Bertz CT molecular complexity index is 771. The Hall–Kier alpha value is -2.32. The van der Waals surface area contributed by atoms with Crippen LogP contribution in [0.1, 0.15) is 5.56 Å². The Morgan fingerprint density at radius 2 is 2.12 bits per heavy atom. The molecule has 1 aromatic carbocycles. The lowest BCUT2D eigenvalue weighted by Crippen LogP contribution is -2.38. The first-order valence-electron chi connectivity index (χ1n) is 8.55. The number of aryl methyl sites for hydroxylation is 1. The van der Waals surface area contributed by atoms with Gasteiger partial charge >= 0.3 is 0 Å². The Balaban J connectivity index is 1.89. The zero-order valence-corrected chi connectivity index (χ0v) is 15.7. The third-order valence-electron chi connectivity index (χ3n) is 4.04. The molecule has 8 heteroatoms. The van der Waals surface area contributed by atoms with E-state index in [0.717, 1.165) is 30.3 Å². The van der Waals surface area contributed by atoms with E-state index >= 15 is 0 Å². The second-order valence-corrected chi connectivity index (χ2v) is 6.83. The van der Waals surface area contributed by atoms with Gasteiger partial charge in [0.1, 0.15) is 0 Å². The maximum absolute atomic E-state index is 11.9. The quantitative estimate of drug-likeness (QED) is 0.589. The summed E-state index contributed by atoms with van der Waals surface area (Å²) < 4.78 is 7.48. The van der Waals surface area contributed by atoms with E-state index in [1.807, 2.05) is 22.8 Å². The molecule has 0 radical (unpaired) electrons. The summed E-state index contributed by atoms with van der Waals surface area (Å²) in [7, 11) is 0. The van der Waals surface area contributed by atoms with Crippen LogP contribution in [0.2, 0.25) is 0 Å². The molecular formula is C18H23N5O2S. The standard InChI is InChI=1S/C18H23N5O2S/c1-3-8-19-16(24)13-26-18-21-20-17(22-9-11-25-12-10-22)23(18)15-7-5-4-6-14(15)2/h3-7H,1,8-13H2,2H3,(H,19,24). The van der Waals surface area contributed by atoms with Gasteiger partial charge in [0.25, 0.3) is 0 Å². The highest BCUT2D eigenvalue weighted by Gasteiger charge is 2.22. The van der Waals surface area contributed by atoms with Crippen LogP contribution in [-0.2, 0) is 9.53 Å². The summed E-state index contributed by atoms with van der Waals surface area (Å²) >= 11 is 1.38. The van der Waals surface area contributed by atoms with Gasteiger partial charge in [-0.15, -0.1) is 16.8 Å². The zero-order valence-electron chi connectivity index (χ0n) is 14.9. The fraction of sp³-hybridized carbons (Fsp3) is 0.389. The van der Waals surface area contributed by atoms with Crippen molar-refractivity contribution in [2.75, 3.05) is 43.5 Å². The normalized spacial score (nSPS) is 14.3. The van der Waals surface area contributed by atoms with Crippen LogP contribution >= 0.6 is 11.8 Å². The number of nitrogens with one attached hydrogen (secondary N) is 1. The summed E-state index contributed by atoms with van der Waals surface area (Å²) in [6, 6.07) is 8.11. The molecule has 1 aromatic heterocycles. The molecule has 1 aliphatic rings. The molecule has 0 saturated carbocycles. The van der Waals surface area contributed by atoms with E-state index in [0.29, 0.717) is 24.9 Å². The summed E-state index contributed by atoms with van der Waals surface area (Å²) in [6.45, 7) is 9.02. The molecule has 2 aromatic rings. The van der Waals surface area contributed by atoms with Gasteiger partial charge in [-0.2, -0.15) is 0 Å². The number of morpholine rings is 1. The molecule has 1 saturated heterocycles. The van der Waals surface area contributed by atoms with Crippen molar-refractivity contribution in [2.45, 2.75) is 12.1 Å². The highest BCUT2D eigenvalue weighted by molar-refractivity contribution is 7.99. The Morgan fingerprint density at radius 1 is 1.35 bits per heavy atom. The van der Waals surface area contributed by atoms with Crippen molar-refractivity contribution in [3.05, 3.63) is 42.5 Å². The van der Waals surface area contributed by atoms with E-state index in [1.165, 1.54) is 11.8 Å². The summed E-state index contributed by atoms with van der Waals surface area (Å²) in [5.74, 6) is 1.01. The molecule has 26 heavy (non-hydrogen) atoms. The van der Waals surface area contributed by atoms with E-state index in [-0.39, 0.29) is 11.7 Å². The number of hydrogen-bond donors (Lipinski definition) is 1. The molecular weight excluding hydrogens is 350 g/mol. The van der Waals surface area contributed by atoms with Crippen LogP contribution in [-0.4, -0.2) is 59.3 Å². The number of para-hydroxylation sites is 1. The molecule has 1 fully saturated rings. The number of aromatic nitrogens is 3. The zero-order chi connectivity index (χ0) is 18.4. The largest absolute Gasteiger partial charge is 0.378 e. The minimum absolute atomic E-state index is 0.0536. The van der Waals surface area contributed by atoms with Gasteiger partial charge in [0, 0.05) is 19.6 Å². The minimum atomic E-state index is -0.0536. The topological polar surface area (TPSA) is 72.3 Å². The van der Waals surface area contributed by atoms with Gasteiger partial charge in [-0.3, -0.25) is 9.36 Å². The van der Waals surface area contributed by atoms with E-state index in [9.17, 15) is 4.79 Å². The molecule has 0 unspecified atom stereocenters. The van der Waals surface area contributed by atoms with Crippen LogP contribution in [0.15, 0.2) is 42.1 Å². The molecule has 0 atom stereocenters. The fourth-order valence-electron chi connectivity index (χ4n) is 2.72. The second kappa shape index (κ2) is 8.86. The van der Waals surface area contributed by atoms with E-state index in [1.54, 1.807) is 6.08 Å². The average Bonchev–Trinajstić information content (AvgIpc) is 3.09. The van der Waals surface area contributed by atoms with Crippen molar-refractivity contribution in [3.8, 4) is 5.69 Å². The van der Waals surface area contributed by atoms with Crippen LogP contribution in [0.5, 0.6) is 0 Å². The van der Waals surface area contributed by atoms with Crippen LogP contribution in [0.25, 0.3) is 5.69 Å². The summed E-state index contributed by atoms with van der Waals surface area (Å²) in [6.07, 6.45) is 1.66. The van der Waals surface area contributed by atoms with Gasteiger partial charge in [0.2, 0.25) is 11.9 Å². The second-order valence-electron chi connectivity index (χ2n) is 5.89. The third-order valence-corrected chi connectivity index (χ3v) is 4.97. The highest BCUT2D eigenvalue weighted by Crippen LogP contribution is 2.28. The predicted molar refractivity (Wildman–Crippen MR) is 103 cm³/mol. The molecule has 3 rings (SSSR count). The van der Waals surface area contributed by atoms with Gasteiger partial charge in [-0.05, 0) is 18.6 Å². The molecule has 1 amide bonds. The van der Waals surface area contributed by atoms with Crippen molar-refractivity contribution < 1.29 is 9.53 Å². The molecule has 7 nitrogen and oxygen atoms in total. The van der Waals surface area contributed by atoms with Crippen molar-refractivity contribution in [1.82, 2.24) is 20.1 Å². The Kier molecular flexibility index (Phi) is 6.30. The van der Waals surface area contributed by atoms with Crippen molar-refractivity contribution >= 4 is 23.6 Å². The fourth-order valence-corrected chi connectivity index (χ4v) is 3.49. The predicted octanol–water partition coefficient (Wildman–Crippen LogP) is 1.81.